The van der Waals surface area contributed by atoms with Crippen molar-refractivity contribution < 1.29 is 31.1 Å². The first-order chi connectivity index (χ1) is 13.9. The molecule has 0 saturated carbocycles. The maximum atomic E-state index is 13.0. The van der Waals surface area contributed by atoms with E-state index in [9.17, 15) is 31.1 Å². The Balaban J connectivity index is 2.06. The third-order valence-electron chi connectivity index (χ3n) is 3.85. The van der Waals surface area contributed by atoms with Gasteiger partial charge in [-0.05, 0) is 24.3 Å². The Morgan fingerprint density at radius 1 is 1.03 bits per heavy atom. The van der Waals surface area contributed by atoms with Crippen LogP contribution in [0.5, 0.6) is 0 Å². The number of pyridine rings is 1. The van der Waals surface area contributed by atoms with Crippen LogP contribution in [-0.4, -0.2) is 25.7 Å². The normalized spacial score (nSPS) is 12.8. The minimum absolute atomic E-state index is 0.00793. The fraction of sp³-hybridized carbons (Fsp3) is 0.111. The molecule has 0 fully saturated rings. The zero-order chi connectivity index (χ0) is 22.1. The molecule has 2 aromatic heterocycles. The van der Waals surface area contributed by atoms with E-state index in [1.807, 2.05) is 0 Å². The first kappa shape index (κ1) is 21.0. The number of carbonyl (C=O) groups excluding carboxylic acids is 1. The number of hydrogen-bond donors (Lipinski definition) is 1. The van der Waals surface area contributed by atoms with Gasteiger partial charge in [0.15, 0.2) is 5.82 Å². The predicted octanol–water partition coefficient (Wildman–Crippen LogP) is 3.86. The quantitative estimate of drug-likeness (QED) is 0.506. The lowest BCUT2D eigenvalue weighted by Crippen LogP contribution is -2.14. The van der Waals surface area contributed by atoms with E-state index in [1.54, 1.807) is 6.07 Å². The largest absolute Gasteiger partial charge is 0.416 e. The van der Waals surface area contributed by atoms with E-state index in [-0.39, 0.29) is 11.6 Å². The summed E-state index contributed by atoms with van der Waals surface area (Å²) in [7, 11) is 0. The summed E-state index contributed by atoms with van der Waals surface area (Å²) in [6, 6.07) is 4.10. The lowest BCUT2D eigenvalue weighted by molar-refractivity contribution is -0.143. The molecule has 0 radical (unpaired) electrons. The number of hydrogen-bond acceptors (Lipinski definition) is 4. The van der Waals surface area contributed by atoms with E-state index in [1.165, 1.54) is 18.5 Å². The molecule has 3 aromatic rings. The minimum atomic E-state index is -5.00. The number of rotatable bonds is 4. The number of nitrogens with two attached hydrogens (primary N) is 1. The number of amides is 1. The number of benzene rings is 1. The van der Waals surface area contributed by atoms with Crippen molar-refractivity contribution in [2.24, 2.45) is 5.73 Å². The van der Waals surface area contributed by atoms with E-state index >= 15 is 0 Å². The van der Waals surface area contributed by atoms with Crippen LogP contribution in [-0.2, 0) is 17.1 Å². The number of carbonyl (C=O) groups is 1. The lowest BCUT2D eigenvalue weighted by atomic mass is 10.0. The number of nitrogens with zero attached hydrogens (tertiary/aromatic N) is 4. The van der Waals surface area contributed by atoms with Crippen LogP contribution in [0.3, 0.4) is 0 Å². The molecule has 0 aliphatic heterocycles. The summed E-state index contributed by atoms with van der Waals surface area (Å²) >= 11 is 0. The zero-order valence-electron chi connectivity index (χ0n) is 14.7. The average Bonchev–Trinajstić information content (AvgIpc) is 3.13. The summed E-state index contributed by atoms with van der Waals surface area (Å²) in [5.74, 6) is -1.25. The van der Waals surface area contributed by atoms with Crippen molar-refractivity contribution in [1.29, 1.82) is 0 Å². The number of aromatic nitrogens is 4. The Labute approximate surface area is 164 Å². The van der Waals surface area contributed by atoms with Gasteiger partial charge in [0.05, 0.1) is 16.7 Å². The molecule has 0 spiro atoms. The second kappa shape index (κ2) is 7.61. The summed E-state index contributed by atoms with van der Waals surface area (Å²) in [5, 5.41) is 3.84. The van der Waals surface area contributed by atoms with Crippen LogP contribution >= 0.6 is 0 Å². The molecule has 30 heavy (non-hydrogen) atoms. The third kappa shape index (κ3) is 4.64. The maximum Gasteiger partial charge on any atom is 0.416 e. The molecule has 0 atom stereocenters. The maximum absolute atomic E-state index is 13.0. The Kier molecular flexibility index (Phi) is 5.33. The molecule has 2 heterocycles. The van der Waals surface area contributed by atoms with Crippen molar-refractivity contribution >= 4 is 17.7 Å². The van der Waals surface area contributed by atoms with Gasteiger partial charge < -0.3 is 5.73 Å². The van der Waals surface area contributed by atoms with Gasteiger partial charge in [0, 0.05) is 29.7 Å². The molecule has 0 saturated heterocycles. The van der Waals surface area contributed by atoms with Crippen LogP contribution in [0, 0.1) is 0 Å². The van der Waals surface area contributed by atoms with E-state index in [0.717, 1.165) is 17.2 Å². The van der Waals surface area contributed by atoms with Crippen LogP contribution in [0.1, 0.15) is 16.7 Å². The van der Waals surface area contributed by atoms with Gasteiger partial charge in [-0.3, -0.25) is 9.78 Å². The summed E-state index contributed by atoms with van der Waals surface area (Å²) in [6.45, 7) is 0. The van der Waals surface area contributed by atoms with Gasteiger partial charge in [-0.1, -0.05) is 6.07 Å². The average molecular weight is 427 g/mol. The number of alkyl halides is 6. The minimum Gasteiger partial charge on any atom is -0.366 e. The Morgan fingerprint density at radius 3 is 2.17 bits per heavy atom. The SMILES string of the molecule is NC(=O)/C(=C/n1cnc(-c2cc(C(F)(F)F)cc(C(F)(F)F)c2)n1)c1cccnc1. The second-order valence-corrected chi connectivity index (χ2v) is 5.99. The highest BCUT2D eigenvalue weighted by Crippen LogP contribution is 2.38. The van der Waals surface area contributed by atoms with Gasteiger partial charge in [0.2, 0.25) is 0 Å². The first-order valence-electron chi connectivity index (χ1n) is 8.08. The first-order valence-corrected chi connectivity index (χ1v) is 8.08. The zero-order valence-corrected chi connectivity index (χ0v) is 14.7. The Morgan fingerprint density at radius 2 is 1.67 bits per heavy atom. The molecule has 1 amide bonds. The summed E-state index contributed by atoms with van der Waals surface area (Å²) in [5.41, 5.74) is 2.13. The van der Waals surface area contributed by atoms with Crippen molar-refractivity contribution in [3.05, 3.63) is 65.7 Å². The predicted molar refractivity (Wildman–Crippen MR) is 93.1 cm³/mol. The molecule has 0 aliphatic carbocycles. The molecule has 156 valence electrons. The molecule has 0 bridgehead atoms. The third-order valence-corrected chi connectivity index (χ3v) is 3.85. The summed E-state index contributed by atoms with van der Waals surface area (Å²) < 4.78 is 79.1. The molecule has 3 rings (SSSR count). The van der Waals surface area contributed by atoms with E-state index in [0.29, 0.717) is 17.7 Å². The number of primary amides is 1. The van der Waals surface area contributed by atoms with Crippen LogP contribution in [0.15, 0.2) is 49.1 Å². The molecular formula is C18H11F6N5O. The van der Waals surface area contributed by atoms with Crippen LogP contribution in [0.25, 0.3) is 23.2 Å². The molecule has 2 N–H and O–H groups in total. The van der Waals surface area contributed by atoms with Crippen molar-refractivity contribution in [1.82, 2.24) is 19.7 Å². The van der Waals surface area contributed by atoms with Gasteiger partial charge in [-0.15, -0.1) is 5.10 Å². The molecule has 0 aliphatic rings. The topological polar surface area (TPSA) is 86.7 Å². The fourth-order valence-electron chi connectivity index (χ4n) is 2.49. The van der Waals surface area contributed by atoms with E-state index in [2.05, 4.69) is 15.1 Å². The lowest BCUT2D eigenvalue weighted by Gasteiger charge is -2.13. The van der Waals surface area contributed by atoms with Crippen molar-refractivity contribution in [3.8, 4) is 11.4 Å². The molecule has 12 heteroatoms. The molecule has 0 unspecified atom stereocenters. The summed E-state index contributed by atoms with van der Waals surface area (Å²) in [4.78, 5) is 19.3. The highest BCUT2D eigenvalue weighted by molar-refractivity contribution is 6.22. The standard InChI is InChI=1S/C18H11F6N5O/c19-17(20,21)12-4-11(5-13(6-12)18(22,23)24)16-27-9-29(28-16)8-14(15(25)30)10-2-1-3-26-7-10/h1-9H,(H2,25,30)/b14-8+. The van der Waals surface area contributed by atoms with Crippen LogP contribution < -0.4 is 5.73 Å². The Bertz CT molecular complexity index is 1070. The van der Waals surface area contributed by atoms with Gasteiger partial charge >= 0.3 is 12.4 Å². The van der Waals surface area contributed by atoms with Gasteiger partial charge in [0.1, 0.15) is 6.33 Å². The van der Waals surface area contributed by atoms with Crippen molar-refractivity contribution in [3.63, 3.8) is 0 Å². The fourth-order valence-corrected chi connectivity index (χ4v) is 2.49. The second-order valence-electron chi connectivity index (χ2n) is 5.99. The van der Waals surface area contributed by atoms with Crippen molar-refractivity contribution in [2.75, 3.05) is 0 Å². The van der Waals surface area contributed by atoms with Crippen LogP contribution in [0.2, 0.25) is 0 Å². The molecule has 1 aromatic carbocycles. The van der Waals surface area contributed by atoms with E-state index in [4.69, 9.17) is 5.73 Å². The van der Waals surface area contributed by atoms with Gasteiger partial charge in [0.25, 0.3) is 5.91 Å². The van der Waals surface area contributed by atoms with Crippen LogP contribution in [0.4, 0.5) is 26.3 Å². The highest BCUT2D eigenvalue weighted by atomic mass is 19.4. The monoisotopic (exact) mass is 427 g/mol. The molecular weight excluding hydrogens is 416 g/mol. The Hall–Kier alpha value is -3.70. The smallest absolute Gasteiger partial charge is 0.366 e. The van der Waals surface area contributed by atoms with Crippen molar-refractivity contribution in [2.45, 2.75) is 12.4 Å². The van der Waals surface area contributed by atoms with Gasteiger partial charge in [-0.25, -0.2) is 9.67 Å². The van der Waals surface area contributed by atoms with E-state index < -0.39 is 40.8 Å². The van der Waals surface area contributed by atoms with Gasteiger partial charge in [-0.2, -0.15) is 26.3 Å². The molecule has 6 nitrogen and oxygen atoms in total. The highest BCUT2D eigenvalue weighted by Gasteiger charge is 2.37. The number of halogens is 6. The summed E-state index contributed by atoms with van der Waals surface area (Å²) in [6.07, 6.45) is -5.05.